The highest BCUT2D eigenvalue weighted by Gasteiger charge is 2.30. The molecule has 2 heterocycles. The molecule has 20 heavy (non-hydrogen) atoms. The van der Waals surface area contributed by atoms with Crippen LogP contribution in [0.2, 0.25) is 0 Å². The molecule has 1 saturated carbocycles. The van der Waals surface area contributed by atoms with Crippen LogP contribution in [0.4, 0.5) is 5.95 Å². The Morgan fingerprint density at radius 1 is 1.30 bits per heavy atom. The monoisotopic (exact) mass is 277 g/mol. The summed E-state index contributed by atoms with van der Waals surface area (Å²) in [4.78, 5) is 7.00. The molecule has 3 N–H and O–H groups in total. The number of piperidine rings is 1. The van der Waals surface area contributed by atoms with Crippen LogP contribution in [0.15, 0.2) is 0 Å². The Morgan fingerprint density at radius 2 is 2.00 bits per heavy atom. The highest BCUT2D eigenvalue weighted by molar-refractivity contribution is 5.29. The Bertz CT molecular complexity index is 427. The zero-order valence-corrected chi connectivity index (χ0v) is 12.6. The fourth-order valence-electron chi connectivity index (χ4n) is 3.46. The summed E-state index contributed by atoms with van der Waals surface area (Å²) in [5.74, 6) is 2.77. The first-order valence-corrected chi connectivity index (χ1v) is 8.05. The molecule has 0 unspecified atom stereocenters. The van der Waals surface area contributed by atoms with Gasteiger partial charge in [0, 0.05) is 19.5 Å². The van der Waals surface area contributed by atoms with Crippen LogP contribution < -0.4 is 10.6 Å². The number of anilines is 1. The van der Waals surface area contributed by atoms with Crippen LogP contribution in [0.25, 0.3) is 0 Å². The van der Waals surface area contributed by atoms with Gasteiger partial charge in [-0.2, -0.15) is 4.98 Å². The van der Waals surface area contributed by atoms with E-state index < -0.39 is 0 Å². The number of nitrogens with one attached hydrogen (secondary N) is 1. The van der Waals surface area contributed by atoms with Crippen molar-refractivity contribution < 1.29 is 0 Å². The summed E-state index contributed by atoms with van der Waals surface area (Å²) in [6.07, 6.45) is 8.82. The van der Waals surface area contributed by atoms with Gasteiger partial charge in [-0.1, -0.05) is 32.6 Å². The molecule has 112 valence electrons. The average Bonchev–Trinajstić information content (AvgIpc) is 3.12. The van der Waals surface area contributed by atoms with Gasteiger partial charge in [0.15, 0.2) is 0 Å². The number of H-pyrrole nitrogens is 1. The Labute approximate surface area is 121 Å². The van der Waals surface area contributed by atoms with Gasteiger partial charge in [0.1, 0.15) is 5.82 Å². The third kappa shape index (κ3) is 2.97. The maximum absolute atomic E-state index is 5.86. The smallest absolute Gasteiger partial charge is 0.244 e. The number of rotatable bonds is 4. The van der Waals surface area contributed by atoms with E-state index in [-0.39, 0.29) is 0 Å². The highest BCUT2D eigenvalue weighted by atomic mass is 15.4. The fraction of sp³-hybridized carbons (Fsp3) is 0.867. The van der Waals surface area contributed by atoms with Crippen molar-refractivity contribution in [2.24, 2.45) is 17.1 Å². The van der Waals surface area contributed by atoms with E-state index in [1.165, 1.54) is 25.7 Å². The van der Waals surface area contributed by atoms with Crippen molar-refractivity contribution in [1.82, 2.24) is 15.2 Å². The van der Waals surface area contributed by atoms with E-state index in [4.69, 9.17) is 10.7 Å². The number of hydrogen-bond donors (Lipinski definition) is 2. The molecule has 5 nitrogen and oxygen atoms in total. The van der Waals surface area contributed by atoms with Gasteiger partial charge in [0.2, 0.25) is 5.95 Å². The van der Waals surface area contributed by atoms with Gasteiger partial charge >= 0.3 is 0 Å². The van der Waals surface area contributed by atoms with Crippen LogP contribution in [0, 0.1) is 11.3 Å². The quantitative estimate of drug-likeness (QED) is 0.884. The lowest BCUT2D eigenvalue weighted by molar-refractivity contribution is 0.257. The van der Waals surface area contributed by atoms with E-state index in [0.717, 1.165) is 56.6 Å². The van der Waals surface area contributed by atoms with E-state index in [1.807, 2.05) is 0 Å². The molecule has 1 aliphatic heterocycles. The van der Waals surface area contributed by atoms with Crippen LogP contribution in [-0.4, -0.2) is 34.8 Å². The molecule has 0 bridgehead atoms. The van der Waals surface area contributed by atoms with Gasteiger partial charge in [0.25, 0.3) is 0 Å². The first-order chi connectivity index (χ1) is 9.68. The van der Waals surface area contributed by atoms with Gasteiger partial charge in [0.05, 0.1) is 0 Å². The minimum atomic E-state index is 0.305. The maximum atomic E-state index is 5.86. The van der Waals surface area contributed by atoms with Crippen LogP contribution in [0.3, 0.4) is 0 Å². The molecule has 5 heteroatoms. The molecular weight excluding hydrogens is 250 g/mol. The Morgan fingerprint density at radius 3 is 2.65 bits per heavy atom. The molecule has 0 amide bonds. The van der Waals surface area contributed by atoms with E-state index in [2.05, 4.69) is 22.0 Å². The second kappa shape index (κ2) is 5.72. The normalized spacial score (nSPS) is 23.4. The molecule has 0 radical (unpaired) electrons. The molecule has 0 aromatic carbocycles. The molecule has 2 fully saturated rings. The molecule has 0 atom stereocenters. The zero-order valence-electron chi connectivity index (χ0n) is 12.6. The lowest BCUT2D eigenvalue weighted by Gasteiger charge is -2.38. The summed E-state index contributed by atoms with van der Waals surface area (Å²) in [6.45, 7) is 5.11. The maximum Gasteiger partial charge on any atom is 0.244 e. The standard InChI is InChI=1S/C15H27N5/c1-15(11-16)6-8-20(9-7-15)14-17-13(18-19-14)10-12-4-2-3-5-12/h12H,2-11,16H2,1H3,(H,17,18,19). The fourth-order valence-corrected chi connectivity index (χ4v) is 3.46. The van der Waals surface area contributed by atoms with Crippen molar-refractivity contribution in [3.05, 3.63) is 5.82 Å². The Balaban J connectivity index is 1.57. The largest absolute Gasteiger partial charge is 0.340 e. The molecule has 1 aromatic heterocycles. The number of aromatic nitrogens is 3. The van der Waals surface area contributed by atoms with Crippen molar-refractivity contribution in [3.63, 3.8) is 0 Å². The van der Waals surface area contributed by atoms with Crippen LogP contribution in [0.1, 0.15) is 51.3 Å². The third-order valence-electron chi connectivity index (χ3n) is 5.22. The van der Waals surface area contributed by atoms with Crippen molar-refractivity contribution in [1.29, 1.82) is 0 Å². The molecule has 1 aliphatic carbocycles. The summed E-state index contributed by atoms with van der Waals surface area (Å²) in [6, 6.07) is 0. The molecular formula is C15H27N5. The topological polar surface area (TPSA) is 70.8 Å². The minimum Gasteiger partial charge on any atom is -0.340 e. The van der Waals surface area contributed by atoms with Crippen LogP contribution in [0.5, 0.6) is 0 Å². The number of aromatic amines is 1. The number of hydrogen-bond acceptors (Lipinski definition) is 4. The first-order valence-electron chi connectivity index (χ1n) is 8.05. The van der Waals surface area contributed by atoms with Crippen LogP contribution >= 0.6 is 0 Å². The molecule has 1 saturated heterocycles. The van der Waals surface area contributed by atoms with Crippen molar-refractivity contribution in [3.8, 4) is 0 Å². The van der Waals surface area contributed by atoms with E-state index >= 15 is 0 Å². The second-order valence-electron chi connectivity index (χ2n) is 6.94. The van der Waals surface area contributed by atoms with Gasteiger partial charge in [-0.05, 0) is 30.7 Å². The number of nitrogens with two attached hydrogens (primary N) is 1. The third-order valence-corrected chi connectivity index (χ3v) is 5.22. The van der Waals surface area contributed by atoms with Crippen LogP contribution in [-0.2, 0) is 6.42 Å². The van der Waals surface area contributed by atoms with Crippen molar-refractivity contribution in [2.45, 2.75) is 51.9 Å². The molecule has 1 aromatic rings. The first kappa shape index (κ1) is 13.9. The molecule has 0 spiro atoms. The second-order valence-corrected chi connectivity index (χ2v) is 6.94. The summed E-state index contributed by atoms with van der Waals surface area (Å²) in [5, 5.41) is 7.55. The summed E-state index contributed by atoms with van der Waals surface area (Å²) in [5.41, 5.74) is 6.17. The Kier molecular flexibility index (Phi) is 3.96. The Hall–Kier alpha value is -1.10. The minimum absolute atomic E-state index is 0.305. The SMILES string of the molecule is CC1(CN)CCN(c2n[nH]c(CC3CCCC3)n2)CC1. The van der Waals surface area contributed by atoms with Crippen molar-refractivity contribution in [2.75, 3.05) is 24.5 Å². The lowest BCUT2D eigenvalue weighted by atomic mass is 9.81. The van der Waals surface area contributed by atoms with Gasteiger partial charge in [-0.15, -0.1) is 5.10 Å². The van der Waals surface area contributed by atoms with Gasteiger partial charge < -0.3 is 10.6 Å². The average molecular weight is 277 g/mol. The predicted octanol–water partition coefficient (Wildman–Crippen LogP) is 2.10. The summed E-state index contributed by atoms with van der Waals surface area (Å²) in [7, 11) is 0. The highest BCUT2D eigenvalue weighted by Crippen LogP contribution is 2.31. The summed E-state index contributed by atoms with van der Waals surface area (Å²) >= 11 is 0. The lowest BCUT2D eigenvalue weighted by Crippen LogP contribution is -2.42. The van der Waals surface area contributed by atoms with Crippen molar-refractivity contribution >= 4 is 5.95 Å². The predicted molar refractivity (Wildman–Crippen MR) is 80.7 cm³/mol. The number of nitrogens with zero attached hydrogens (tertiary/aromatic N) is 3. The molecule has 2 aliphatic rings. The van der Waals surface area contributed by atoms with E-state index in [0.29, 0.717) is 5.41 Å². The van der Waals surface area contributed by atoms with E-state index in [9.17, 15) is 0 Å². The summed E-state index contributed by atoms with van der Waals surface area (Å²) < 4.78 is 0. The van der Waals surface area contributed by atoms with Gasteiger partial charge in [-0.25, -0.2) is 0 Å². The molecule has 3 rings (SSSR count). The van der Waals surface area contributed by atoms with Gasteiger partial charge in [-0.3, -0.25) is 5.10 Å². The zero-order chi connectivity index (χ0) is 14.0. The van der Waals surface area contributed by atoms with E-state index in [1.54, 1.807) is 0 Å².